The molecule has 50 heavy (non-hydrogen) atoms. The average Bonchev–Trinajstić information content (AvgIpc) is 3.76. The monoisotopic (exact) mass is 712 g/mol. The largest absolute Gasteiger partial charge is 0.435 e. The molecule has 18 heteroatoms. The number of nitrogens with zero attached hydrogens (tertiary/aromatic N) is 6. The van der Waals surface area contributed by atoms with Crippen LogP contribution >= 0.6 is 11.6 Å². The molecule has 3 fully saturated rings. The number of pyridine rings is 1. The summed E-state index contributed by atoms with van der Waals surface area (Å²) in [6.45, 7) is 1.46. The summed E-state index contributed by atoms with van der Waals surface area (Å²) in [7, 11) is 1.40. The van der Waals surface area contributed by atoms with Gasteiger partial charge in [0.15, 0.2) is 17.3 Å². The van der Waals surface area contributed by atoms with Gasteiger partial charge in [0.25, 0.3) is 11.8 Å². The highest BCUT2D eigenvalue weighted by molar-refractivity contribution is 6.34. The Morgan fingerprint density at radius 1 is 1.12 bits per heavy atom. The second-order valence-electron chi connectivity index (χ2n) is 13.1. The van der Waals surface area contributed by atoms with Crippen LogP contribution in [-0.2, 0) is 18.0 Å². The standard InChI is InChI=1S/C32H32ClF3N10O4/c1-44-24(21-13-46(43-26(21)32(34,35)36)25-5-2-16(37)10-39-25)12-40-27(44)29(49)41-17-3-4-20(22(33)6-17)30(50)45-14-31(15-45)8-18(9-31)42-28(48)23-7-19(47)11-38-23/h2-6,10,12-13,18-19,23,38,47H,7-9,11,14-15,37H2,1H3,(H,41,49)(H,42,48)/t19-,23+/m1/s1. The summed E-state index contributed by atoms with van der Waals surface area (Å²) in [4.78, 5) is 48.6. The van der Waals surface area contributed by atoms with Gasteiger partial charge in [-0.3, -0.25) is 14.4 Å². The molecule has 1 spiro atoms. The number of benzene rings is 1. The summed E-state index contributed by atoms with van der Waals surface area (Å²) < 4.78 is 44.2. The van der Waals surface area contributed by atoms with Gasteiger partial charge >= 0.3 is 6.18 Å². The number of aliphatic hydroxyl groups is 1. The minimum atomic E-state index is -4.82. The summed E-state index contributed by atoms with van der Waals surface area (Å²) in [5.41, 5.74) is 4.91. The molecule has 5 heterocycles. The van der Waals surface area contributed by atoms with Crippen molar-refractivity contribution in [3.63, 3.8) is 0 Å². The Morgan fingerprint density at radius 3 is 2.52 bits per heavy atom. The van der Waals surface area contributed by atoms with Crippen molar-refractivity contribution in [2.75, 3.05) is 30.7 Å². The van der Waals surface area contributed by atoms with Crippen molar-refractivity contribution in [3.8, 4) is 17.1 Å². The Labute approximate surface area is 287 Å². The Bertz CT molecular complexity index is 1980. The molecule has 2 saturated heterocycles. The summed E-state index contributed by atoms with van der Waals surface area (Å²) in [5.74, 6) is -1.17. The van der Waals surface area contributed by atoms with E-state index in [1.54, 1.807) is 4.90 Å². The highest BCUT2D eigenvalue weighted by Gasteiger charge is 2.54. The number of aliphatic hydroxyl groups excluding tert-OH is 1. The van der Waals surface area contributed by atoms with E-state index in [0.29, 0.717) is 31.7 Å². The number of alkyl halides is 3. The predicted molar refractivity (Wildman–Crippen MR) is 174 cm³/mol. The minimum Gasteiger partial charge on any atom is -0.397 e. The molecule has 14 nitrogen and oxygen atoms in total. The first-order valence-corrected chi connectivity index (χ1v) is 16.1. The molecular weight excluding hydrogens is 681 g/mol. The molecule has 262 valence electrons. The minimum absolute atomic E-state index is 0.0127. The van der Waals surface area contributed by atoms with Crippen molar-refractivity contribution in [2.24, 2.45) is 12.5 Å². The van der Waals surface area contributed by atoms with Crippen LogP contribution in [-0.4, -0.2) is 89.9 Å². The molecule has 1 aliphatic carbocycles. The third-order valence-electron chi connectivity index (χ3n) is 9.38. The second-order valence-corrected chi connectivity index (χ2v) is 13.5. The van der Waals surface area contributed by atoms with E-state index in [9.17, 15) is 32.7 Å². The van der Waals surface area contributed by atoms with Gasteiger partial charge in [-0.25, -0.2) is 14.6 Å². The van der Waals surface area contributed by atoms with Crippen LogP contribution in [0.4, 0.5) is 24.5 Å². The van der Waals surface area contributed by atoms with E-state index in [1.807, 2.05) is 0 Å². The number of nitrogen functional groups attached to an aromatic ring is 1. The average molecular weight is 713 g/mol. The molecule has 7 rings (SSSR count). The van der Waals surface area contributed by atoms with Gasteiger partial charge in [0.1, 0.15) is 0 Å². The first-order chi connectivity index (χ1) is 23.7. The maximum Gasteiger partial charge on any atom is 0.435 e. The van der Waals surface area contributed by atoms with Crippen LogP contribution < -0.4 is 21.7 Å². The lowest BCUT2D eigenvalue weighted by molar-refractivity contribution is -0.140. The molecule has 1 aromatic carbocycles. The molecule has 0 bridgehead atoms. The quantitative estimate of drug-likeness (QED) is 0.192. The van der Waals surface area contributed by atoms with Gasteiger partial charge in [-0.15, -0.1) is 0 Å². The molecule has 4 aromatic rings. The van der Waals surface area contributed by atoms with Crippen LogP contribution in [0.5, 0.6) is 0 Å². The highest BCUT2D eigenvalue weighted by Crippen LogP contribution is 2.49. The van der Waals surface area contributed by atoms with E-state index in [4.69, 9.17) is 17.3 Å². The Kier molecular flexibility index (Phi) is 8.31. The number of hydrogen-bond donors (Lipinski definition) is 5. The maximum absolute atomic E-state index is 14.0. The molecule has 2 atom stereocenters. The molecule has 2 aliphatic heterocycles. The van der Waals surface area contributed by atoms with Crippen molar-refractivity contribution < 1.29 is 32.7 Å². The zero-order chi connectivity index (χ0) is 35.5. The predicted octanol–water partition coefficient (Wildman–Crippen LogP) is 2.62. The number of carbonyl (C=O) groups is 3. The number of rotatable bonds is 7. The van der Waals surface area contributed by atoms with E-state index in [-0.39, 0.29) is 68.5 Å². The fourth-order valence-electron chi connectivity index (χ4n) is 6.89. The third kappa shape index (κ3) is 6.27. The number of halogens is 4. The molecule has 0 unspecified atom stereocenters. The third-order valence-corrected chi connectivity index (χ3v) is 9.69. The van der Waals surface area contributed by atoms with E-state index in [2.05, 4.69) is 31.0 Å². The lowest BCUT2D eigenvalue weighted by Gasteiger charge is -2.59. The summed E-state index contributed by atoms with van der Waals surface area (Å²) >= 11 is 6.47. The number of imidazole rings is 1. The van der Waals surface area contributed by atoms with Crippen molar-refractivity contribution in [1.82, 2.24) is 39.8 Å². The molecule has 1 saturated carbocycles. The molecule has 0 radical (unpaired) electrons. The smallest absolute Gasteiger partial charge is 0.397 e. The van der Waals surface area contributed by atoms with Gasteiger partial charge < -0.3 is 36.3 Å². The fraction of sp³-hybridized carbons (Fsp3) is 0.375. The van der Waals surface area contributed by atoms with E-state index >= 15 is 0 Å². The zero-order valence-electron chi connectivity index (χ0n) is 26.5. The second kappa shape index (κ2) is 12.4. The number of likely N-dealkylation sites (tertiary alicyclic amines) is 1. The van der Waals surface area contributed by atoms with Crippen LogP contribution in [0, 0.1) is 5.41 Å². The van der Waals surface area contributed by atoms with Gasteiger partial charge in [-0.1, -0.05) is 11.6 Å². The van der Waals surface area contributed by atoms with Gasteiger partial charge in [0, 0.05) is 50.0 Å². The molecule has 3 amide bonds. The van der Waals surface area contributed by atoms with Gasteiger partial charge in [-0.05, 0) is 49.6 Å². The molecule has 6 N–H and O–H groups in total. The topological polar surface area (TPSA) is 185 Å². The van der Waals surface area contributed by atoms with Crippen molar-refractivity contribution in [2.45, 2.75) is 43.6 Å². The Morgan fingerprint density at radius 2 is 1.88 bits per heavy atom. The summed E-state index contributed by atoms with van der Waals surface area (Å²) in [6, 6.07) is 6.96. The summed E-state index contributed by atoms with van der Waals surface area (Å²) in [5, 5.41) is 22.1. The lowest BCUT2D eigenvalue weighted by Crippen LogP contribution is -2.68. The van der Waals surface area contributed by atoms with Crippen LogP contribution in [0.1, 0.15) is 45.9 Å². The first-order valence-electron chi connectivity index (χ1n) is 15.7. The molecular formula is C32H32ClF3N10O4. The van der Waals surface area contributed by atoms with Gasteiger partial charge in [-0.2, -0.15) is 18.3 Å². The number of anilines is 2. The molecule has 3 aliphatic rings. The fourth-order valence-corrected chi connectivity index (χ4v) is 7.15. The lowest BCUT2D eigenvalue weighted by atomic mass is 9.60. The van der Waals surface area contributed by atoms with Crippen LogP contribution in [0.15, 0.2) is 48.9 Å². The number of nitrogens with one attached hydrogen (secondary N) is 3. The van der Waals surface area contributed by atoms with E-state index in [0.717, 1.165) is 29.9 Å². The van der Waals surface area contributed by atoms with Crippen molar-refractivity contribution in [3.05, 3.63) is 71.0 Å². The van der Waals surface area contributed by atoms with Gasteiger partial charge in [0.2, 0.25) is 5.91 Å². The van der Waals surface area contributed by atoms with Gasteiger partial charge in [0.05, 0.1) is 52.1 Å². The van der Waals surface area contributed by atoms with Crippen LogP contribution in [0.3, 0.4) is 0 Å². The van der Waals surface area contributed by atoms with E-state index < -0.39 is 23.9 Å². The van der Waals surface area contributed by atoms with Crippen LogP contribution in [0.2, 0.25) is 5.02 Å². The number of nitrogens with two attached hydrogens (primary N) is 1. The number of β-amino-alcohol motifs (C(OH)–C–C–N with tert-alkyl or cyclic N) is 1. The SMILES string of the molecule is Cn1c(-c2cn(-c3ccc(N)cn3)nc2C(F)(F)F)cnc1C(=O)Nc1ccc(C(=O)N2CC3(CC(NC(=O)[C@@H]4C[C@@H](O)CN4)C3)C2)c(Cl)c1. The maximum atomic E-state index is 14.0. The zero-order valence-corrected chi connectivity index (χ0v) is 27.3. The molecule has 3 aromatic heterocycles. The first kappa shape index (κ1) is 33.5. The van der Waals surface area contributed by atoms with E-state index in [1.165, 1.54) is 48.1 Å². The van der Waals surface area contributed by atoms with Crippen molar-refractivity contribution in [1.29, 1.82) is 0 Å². The van der Waals surface area contributed by atoms with Crippen molar-refractivity contribution >= 4 is 40.7 Å². The normalized spacial score (nSPS) is 20.0. The number of hydrogen-bond acceptors (Lipinski definition) is 9. The number of amides is 3. The highest BCUT2D eigenvalue weighted by atomic mass is 35.5. The Balaban J connectivity index is 0.979. The Hall–Kier alpha value is -5.00. The number of carbonyl (C=O) groups excluding carboxylic acids is 3. The van der Waals surface area contributed by atoms with Crippen LogP contribution in [0.25, 0.3) is 17.1 Å². The summed E-state index contributed by atoms with van der Waals surface area (Å²) in [6.07, 6.45) is 0.162. The number of aromatic nitrogens is 5.